The molecule has 19 heavy (non-hydrogen) atoms. The average molecular weight is 265 g/mol. The number of aliphatic hydroxyl groups excluding tert-OH is 1. The second-order valence-electron chi connectivity index (χ2n) is 4.87. The summed E-state index contributed by atoms with van der Waals surface area (Å²) in [4.78, 5) is 2.32. The molecule has 0 saturated carbocycles. The van der Waals surface area contributed by atoms with Gasteiger partial charge in [0.05, 0.1) is 13.7 Å². The van der Waals surface area contributed by atoms with Crippen molar-refractivity contribution in [2.45, 2.75) is 25.3 Å². The van der Waals surface area contributed by atoms with Gasteiger partial charge >= 0.3 is 0 Å². The van der Waals surface area contributed by atoms with Gasteiger partial charge in [-0.2, -0.15) is 0 Å². The molecule has 1 heterocycles. The summed E-state index contributed by atoms with van der Waals surface area (Å²) in [6.07, 6.45) is 3.52. The van der Waals surface area contributed by atoms with Gasteiger partial charge in [-0.25, -0.2) is 0 Å². The predicted octanol–water partition coefficient (Wildman–Crippen LogP) is 1.92. The standard InChI is InChI=1S/C15H23NO3/c1-18-14-7-2-3-8-15(14)19-11-10-16-9-5-4-6-13(16)12-17/h2-3,7-8,13,17H,4-6,9-12H2,1H3. The number of hydrogen-bond acceptors (Lipinski definition) is 4. The van der Waals surface area contributed by atoms with E-state index in [4.69, 9.17) is 9.47 Å². The van der Waals surface area contributed by atoms with Crippen LogP contribution < -0.4 is 9.47 Å². The number of para-hydroxylation sites is 2. The van der Waals surface area contributed by atoms with Crippen LogP contribution in [0.3, 0.4) is 0 Å². The van der Waals surface area contributed by atoms with Crippen molar-refractivity contribution >= 4 is 0 Å². The first kappa shape index (κ1) is 14.2. The highest BCUT2D eigenvalue weighted by Crippen LogP contribution is 2.25. The second-order valence-corrected chi connectivity index (χ2v) is 4.87. The maximum absolute atomic E-state index is 9.36. The number of ether oxygens (including phenoxy) is 2. The largest absolute Gasteiger partial charge is 0.493 e. The third-order valence-corrected chi connectivity index (χ3v) is 3.66. The molecule has 1 N–H and O–H groups in total. The number of nitrogens with zero attached hydrogens (tertiary/aromatic N) is 1. The van der Waals surface area contributed by atoms with Crippen LogP contribution in [-0.4, -0.2) is 49.5 Å². The fourth-order valence-electron chi connectivity index (χ4n) is 2.57. The Morgan fingerprint density at radius 2 is 2.05 bits per heavy atom. The van der Waals surface area contributed by atoms with Gasteiger partial charge in [0.25, 0.3) is 0 Å². The fourth-order valence-corrected chi connectivity index (χ4v) is 2.57. The normalized spacial score (nSPS) is 20.2. The lowest BCUT2D eigenvalue weighted by Gasteiger charge is -2.34. The Bertz CT molecular complexity index is 383. The molecule has 0 amide bonds. The predicted molar refractivity (Wildman–Crippen MR) is 74.8 cm³/mol. The van der Waals surface area contributed by atoms with Crippen LogP contribution in [-0.2, 0) is 0 Å². The lowest BCUT2D eigenvalue weighted by molar-refractivity contribution is 0.0769. The van der Waals surface area contributed by atoms with E-state index < -0.39 is 0 Å². The highest BCUT2D eigenvalue weighted by molar-refractivity contribution is 5.39. The Morgan fingerprint density at radius 1 is 1.26 bits per heavy atom. The van der Waals surface area contributed by atoms with Gasteiger partial charge in [0.15, 0.2) is 11.5 Å². The Labute approximate surface area is 114 Å². The van der Waals surface area contributed by atoms with Crippen LogP contribution in [0.2, 0.25) is 0 Å². The van der Waals surface area contributed by atoms with Crippen molar-refractivity contribution in [2.24, 2.45) is 0 Å². The Morgan fingerprint density at radius 3 is 2.79 bits per heavy atom. The number of aliphatic hydroxyl groups is 1. The minimum absolute atomic E-state index is 0.245. The number of methoxy groups -OCH3 is 1. The molecule has 0 aliphatic carbocycles. The molecule has 1 fully saturated rings. The summed E-state index contributed by atoms with van der Waals surface area (Å²) >= 11 is 0. The summed E-state index contributed by atoms with van der Waals surface area (Å²) in [7, 11) is 1.65. The van der Waals surface area contributed by atoms with Crippen LogP contribution in [0.25, 0.3) is 0 Å². The number of likely N-dealkylation sites (tertiary alicyclic amines) is 1. The van der Waals surface area contributed by atoms with E-state index in [1.807, 2.05) is 24.3 Å². The molecule has 1 saturated heterocycles. The molecule has 1 atom stereocenters. The number of rotatable bonds is 6. The minimum atomic E-state index is 0.245. The van der Waals surface area contributed by atoms with Gasteiger partial charge in [0, 0.05) is 12.6 Å². The van der Waals surface area contributed by atoms with Gasteiger partial charge in [-0.15, -0.1) is 0 Å². The molecule has 1 aromatic rings. The summed E-state index contributed by atoms with van der Waals surface area (Å²) in [5.74, 6) is 1.54. The van der Waals surface area contributed by atoms with Crippen molar-refractivity contribution in [1.29, 1.82) is 0 Å². The molecule has 0 bridgehead atoms. The smallest absolute Gasteiger partial charge is 0.161 e. The quantitative estimate of drug-likeness (QED) is 0.853. The van der Waals surface area contributed by atoms with Gasteiger partial charge in [0.1, 0.15) is 6.61 Å². The Balaban J connectivity index is 1.82. The van der Waals surface area contributed by atoms with E-state index >= 15 is 0 Å². The van der Waals surface area contributed by atoms with Gasteiger partial charge in [0.2, 0.25) is 0 Å². The van der Waals surface area contributed by atoms with E-state index in [9.17, 15) is 5.11 Å². The lowest BCUT2D eigenvalue weighted by Crippen LogP contribution is -2.43. The summed E-state index contributed by atoms with van der Waals surface area (Å²) in [6, 6.07) is 7.98. The van der Waals surface area contributed by atoms with Gasteiger partial charge in [-0.1, -0.05) is 18.6 Å². The first-order chi connectivity index (χ1) is 9.35. The first-order valence-corrected chi connectivity index (χ1v) is 6.96. The van der Waals surface area contributed by atoms with Gasteiger partial charge < -0.3 is 14.6 Å². The van der Waals surface area contributed by atoms with Crippen LogP contribution in [0.5, 0.6) is 11.5 Å². The summed E-state index contributed by atoms with van der Waals surface area (Å²) < 4.78 is 11.0. The molecule has 106 valence electrons. The van der Waals surface area contributed by atoms with E-state index in [2.05, 4.69) is 4.90 Å². The zero-order valence-electron chi connectivity index (χ0n) is 11.5. The van der Waals surface area contributed by atoms with E-state index in [1.165, 1.54) is 12.8 Å². The molecule has 1 aliphatic heterocycles. The maximum Gasteiger partial charge on any atom is 0.161 e. The van der Waals surface area contributed by atoms with Crippen molar-refractivity contribution in [3.8, 4) is 11.5 Å². The summed E-state index contributed by atoms with van der Waals surface area (Å²) in [5.41, 5.74) is 0. The average Bonchev–Trinajstić information content (AvgIpc) is 2.48. The Kier molecular flexibility index (Phi) is 5.48. The monoisotopic (exact) mass is 265 g/mol. The third kappa shape index (κ3) is 3.85. The van der Waals surface area contributed by atoms with Crippen LogP contribution in [0.4, 0.5) is 0 Å². The van der Waals surface area contributed by atoms with E-state index in [0.29, 0.717) is 12.6 Å². The van der Waals surface area contributed by atoms with Crippen molar-refractivity contribution in [3.63, 3.8) is 0 Å². The van der Waals surface area contributed by atoms with Crippen LogP contribution in [0, 0.1) is 0 Å². The zero-order valence-corrected chi connectivity index (χ0v) is 11.5. The van der Waals surface area contributed by atoms with Crippen molar-refractivity contribution in [2.75, 3.05) is 33.4 Å². The fraction of sp³-hybridized carbons (Fsp3) is 0.600. The molecule has 0 spiro atoms. The minimum Gasteiger partial charge on any atom is -0.493 e. The Hall–Kier alpha value is -1.26. The molecular formula is C15H23NO3. The van der Waals surface area contributed by atoms with Crippen LogP contribution in [0.1, 0.15) is 19.3 Å². The van der Waals surface area contributed by atoms with Crippen molar-refractivity contribution in [3.05, 3.63) is 24.3 Å². The maximum atomic E-state index is 9.36. The van der Waals surface area contributed by atoms with Gasteiger partial charge in [-0.05, 0) is 31.5 Å². The highest BCUT2D eigenvalue weighted by atomic mass is 16.5. The molecule has 1 aromatic carbocycles. The van der Waals surface area contributed by atoms with Crippen LogP contribution >= 0.6 is 0 Å². The molecule has 4 nitrogen and oxygen atoms in total. The SMILES string of the molecule is COc1ccccc1OCCN1CCCCC1CO. The third-order valence-electron chi connectivity index (χ3n) is 3.66. The zero-order chi connectivity index (χ0) is 13.5. The molecule has 4 heteroatoms. The van der Waals surface area contributed by atoms with E-state index in [-0.39, 0.29) is 6.61 Å². The van der Waals surface area contributed by atoms with E-state index in [1.54, 1.807) is 7.11 Å². The molecular weight excluding hydrogens is 242 g/mol. The topological polar surface area (TPSA) is 41.9 Å². The number of hydrogen-bond donors (Lipinski definition) is 1. The summed E-state index contributed by atoms with van der Waals surface area (Å²) in [6.45, 7) is 2.77. The molecule has 1 unspecified atom stereocenters. The van der Waals surface area contributed by atoms with Crippen molar-refractivity contribution in [1.82, 2.24) is 4.90 Å². The first-order valence-electron chi connectivity index (χ1n) is 6.96. The number of piperidine rings is 1. The van der Waals surface area contributed by atoms with Crippen LogP contribution in [0.15, 0.2) is 24.3 Å². The van der Waals surface area contributed by atoms with E-state index in [0.717, 1.165) is 31.0 Å². The van der Waals surface area contributed by atoms with Gasteiger partial charge in [-0.3, -0.25) is 4.90 Å². The lowest BCUT2D eigenvalue weighted by atomic mass is 10.0. The number of benzene rings is 1. The van der Waals surface area contributed by atoms with Crippen molar-refractivity contribution < 1.29 is 14.6 Å². The molecule has 0 radical (unpaired) electrons. The second kappa shape index (κ2) is 7.36. The molecule has 1 aliphatic rings. The molecule has 2 rings (SSSR count). The summed E-state index contributed by atoms with van der Waals surface area (Å²) in [5, 5.41) is 9.36. The molecule has 0 aromatic heterocycles. The highest BCUT2D eigenvalue weighted by Gasteiger charge is 2.21.